The molecule has 1 aliphatic heterocycles. The van der Waals surface area contributed by atoms with E-state index in [-0.39, 0.29) is 18.2 Å². The number of halogens is 4. The third-order valence-corrected chi connectivity index (χ3v) is 3.31. The van der Waals surface area contributed by atoms with Gasteiger partial charge in [-0.3, -0.25) is 4.90 Å². The van der Waals surface area contributed by atoms with Gasteiger partial charge >= 0.3 is 6.18 Å². The van der Waals surface area contributed by atoms with Gasteiger partial charge in [0.05, 0.1) is 5.56 Å². The van der Waals surface area contributed by atoms with Crippen molar-refractivity contribution >= 4 is 0 Å². The SMILES string of the molecule is N[C@@H]1CCCN(Cc2ccc(F)cc2C(F)(F)F)C1. The molecule has 1 fully saturated rings. The maximum Gasteiger partial charge on any atom is 0.416 e. The van der Waals surface area contributed by atoms with Crippen LogP contribution in [0, 0.1) is 5.82 Å². The number of hydrogen-bond donors (Lipinski definition) is 1. The second kappa shape index (κ2) is 5.46. The highest BCUT2D eigenvalue weighted by Crippen LogP contribution is 2.33. The summed E-state index contributed by atoms with van der Waals surface area (Å²) in [5.41, 5.74) is 5.01. The minimum absolute atomic E-state index is 0.00327. The van der Waals surface area contributed by atoms with Crippen LogP contribution >= 0.6 is 0 Å². The molecular weight excluding hydrogens is 260 g/mol. The van der Waals surface area contributed by atoms with E-state index in [1.807, 2.05) is 4.90 Å². The Hall–Kier alpha value is -1.14. The van der Waals surface area contributed by atoms with Crippen LogP contribution in [0.5, 0.6) is 0 Å². The molecule has 106 valence electrons. The standard InChI is InChI=1S/C13H16F4N2/c14-10-4-3-9(12(6-10)13(15,16)17)7-19-5-1-2-11(18)8-19/h3-4,6,11H,1-2,5,7-8,18H2/t11-/m1/s1. The van der Waals surface area contributed by atoms with Crippen LogP contribution in [0.15, 0.2) is 18.2 Å². The average Bonchev–Trinajstić information content (AvgIpc) is 2.30. The number of nitrogens with two attached hydrogens (primary N) is 1. The van der Waals surface area contributed by atoms with E-state index in [1.54, 1.807) is 0 Å². The Kier molecular flexibility index (Phi) is 4.10. The van der Waals surface area contributed by atoms with Gasteiger partial charge in [-0.25, -0.2) is 4.39 Å². The molecule has 2 N–H and O–H groups in total. The number of nitrogens with zero attached hydrogens (tertiary/aromatic N) is 1. The van der Waals surface area contributed by atoms with Crippen molar-refractivity contribution in [2.75, 3.05) is 13.1 Å². The fourth-order valence-corrected chi connectivity index (χ4v) is 2.43. The maximum absolute atomic E-state index is 13.0. The quantitative estimate of drug-likeness (QED) is 0.842. The van der Waals surface area contributed by atoms with Crippen molar-refractivity contribution in [1.29, 1.82) is 0 Å². The molecule has 1 aliphatic rings. The van der Waals surface area contributed by atoms with E-state index in [0.717, 1.165) is 25.5 Å². The van der Waals surface area contributed by atoms with E-state index in [0.29, 0.717) is 12.6 Å². The van der Waals surface area contributed by atoms with Crippen LogP contribution in [-0.2, 0) is 12.7 Å². The molecule has 1 aromatic carbocycles. The summed E-state index contributed by atoms with van der Waals surface area (Å²) in [5.74, 6) is -0.869. The Labute approximate surface area is 109 Å². The lowest BCUT2D eigenvalue weighted by molar-refractivity contribution is -0.138. The van der Waals surface area contributed by atoms with Gasteiger partial charge in [0.1, 0.15) is 5.82 Å². The van der Waals surface area contributed by atoms with Gasteiger partial charge in [0.2, 0.25) is 0 Å². The van der Waals surface area contributed by atoms with Crippen molar-refractivity contribution in [3.05, 3.63) is 35.1 Å². The summed E-state index contributed by atoms with van der Waals surface area (Å²) in [6.07, 6.45) is -2.76. The van der Waals surface area contributed by atoms with E-state index in [1.165, 1.54) is 6.07 Å². The van der Waals surface area contributed by atoms with Gasteiger partial charge in [-0.15, -0.1) is 0 Å². The van der Waals surface area contributed by atoms with Crippen LogP contribution in [0.3, 0.4) is 0 Å². The molecule has 0 aromatic heterocycles. The fraction of sp³-hybridized carbons (Fsp3) is 0.538. The van der Waals surface area contributed by atoms with Crippen molar-refractivity contribution in [3.8, 4) is 0 Å². The predicted molar refractivity (Wildman–Crippen MR) is 63.9 cm³/mol. The van der Waals surface area contributed by atoms with E-state index in [4.69, 9.17) is 5.73 Å². The highest BCUT2D eigenvalue weighted by Gasteiger charge is 2.34. The monoisotopic (exact) mass is 276 g/mol. The highest BCUT2D eigenvalue weighted by atomic mass is 19.4. The summed E-state index contributed by atoms with van der Waals surface area (Å²) < 4.78 is 51.5. The van der Waals surface area contributed by atoms with Gasteiger partial charge in [0.15, 0.2) is 0 Å². The maximum atomic E-state index is 13.0. The molecule has 0 spiro atoms. The van der Waals surface area contributed by atoms with E-state index in [2.05, 4.69) is 0 Å². The van der Waals surface area contributed by atoms with Gasteiger partial charge in [-0.05, 0) is 37.1 Å². The van der Waals surface area contributed by atoms with Crippen molar-refractivity contribution in [2.24, 2.45) is 5.73 Å². The van der Waals surface area contributed by atoms with Crippen LogP contribution in [0.25, 0.3) is 0 Å². The van der Waals surface area contributed by atoms with Crippen molar-refractivity contribution in [2.45, 2.75) is 31.6 Å². The minimum Gasteiger partial charge on any atom is -0.327 e. The first kappa shape index (κ1) is 14.3. The Balaban J connectivity index is 2.20. The lowest BCUT2D eigenvalue weighted by Crippen LogP contribution is -2.42. The number of piperidine rings is 1. The largest absolute Gasteiger partial charge is 0.416 e. The average molecular weight is 276 g/mol. The summed E-state index contributed by atoms with van der Waals surface area (Å²) in [4.78, 5) is 1.89. The molecule has 0 aliphatic carbocycles. The molecular formula is C13H16F4N2. The Bertz CT molecular complexity index is 445. The summed E-state index contributed by atoms with van der Waals surface area (Å²) in [7, 11) is 0. The minimum atomic E-state index is -4.53. The topological polar surface area (TPSA) is 29.3 Å². The number of hydrogen-bond acceptors (Lipinski definition) is 2. The zero-order valence-electron chi connectivity index (χ0n) is 10.4. The van der Waals surface area contributed by atoms with E-state index in [9.17, 15) is 17.6 Å². The Morgan fingerprint density at radius 2 is 2.05 bits per heavy atom. The molecule has 0 radical (unpaired) electrons. The first-order valence-electron chi connectivity index (χ1n) is 6.20. The summed E-state index contributed by atoms with van der Waals surface area (Å²) >= 11 is 0. The molecule has 1 saturated heterocycles. The van der Waals surface area contributed by atoms with Crippen LogP contribution < -0.4 is 5.73 Å². The summed E-state index contributed by atoms with van der Waals surface area (Å²) in [6, 6.07) is 2.83. The zero-order chi connectivity index (χ0) is 14.0. The summed E-state index contributed by atoms with van der Waals surface area (Å²) in [6.45, 7) is 1.46. The van der Waals surface area contributed by atoms with E-state index >= 15 is 0 Å². The molecule has 0 bridgehead atoms. The van der Waals surface area contributed by atoms with Gasteiger partial charge < -0.3 is 5.73 Å². The van der Waals surface area contributed by atoms with E-state index < -0.39 is 17.6 Å². The molecule has 0 amide bonds. The number of alkyl halides is 3. The van der Waals surface area contributed by atoms with Crippen LogP contribution in [0.2, 0.25) is 0 Å². The fourth-order valence-electron chi connectivity index (χ4n) is 2.43. The van der Waals surface area contributed by atoms with Crippen molar-refractivity contribution < 1.29 is 17.6 Å². The third kappa shape index (κ3) is 3.67. The molecule has 0 saturated carbocycles. The van der Waals surface area contributed by atoms with Crippen LogP contribution in [0.4, 0.5) is 17.6 Å². The third-order valence-electron chi connectivity index (χ3n) is 3.31. The van der Waals surface area contributed by atoms with Gasteiger partial charge in [0.25, 0.3) is 0 Å². The molecule has 6 heteroatoms. The second-order valence-corrected chi connectivity index (χ2v) is 4.94. The Morgan fingerprint density at radius 1 is 1.32 bits per heavy atom. The Morgan fingerprint density at radius 3 is 2.68 bits per heavy atom. The number of likely N-dealkylation sites (tertiary alicyclic amines) is 1. The number of rotatable bonds is 2. The molecule has 1 aromatic rings. The van der Waals surface area contributed by atoms with Gasteiger partial charge in [-0.2, -0.15) is 13.2 Å². The van der Waals surface area contributed by atoms with Gasteiger partial charge in [0, 0.05) is 19.1 Å². The first-order valence-corrected chi connectivity index (χ1v) is 6.20. The van der Waals surface area contributed by atoms with Crippen LogP contribution in [0.1, 0.15) is 24.0 Å². The molecule has 2 rings (SSSR count). The lowest BCUT2D eigenvalue weighted by atomic mass is 10.0. The molecule has 0 unspecified atom stereocenters. The van der Waals surface area contributed by atoms with Crippen molar-refractivity contribution in [3.63, 3.8) is 0 Å². The second-order valence-electron chi connectivity index (χ2n) is 4.94. The normalized spacial score (nSPS) is 21.6. The first-order chi connectivity index (χ1) is 8.86. The number of benzene rings is 1. The molecule has 2 nitrogen and oxygen atoms in total. The molecule has 1 heterocycles. The molecule has 19 heavy (non-hydrogen) atoms. The smallest absolute Gasteiger partial charge is 0.327 e. The van der Waals surface area contributed by atoms with Gasteiger partial charge in [-0.1, -0.05) is 6.07 Å². The van der Waals surface area contributed by atoms with Crippen molar-refractivity contribution in [1.82, 2.24) is 4.90 Å². The van der Waals surface area contributed by atoms with Crippen LogP contribution in [-0.4, -0.2) is 24.0 Å². The molecule has 1 atom stereocenters. The zero-order valence-corrected chi connectivity index (χ0v) is 10.4. The lowest BCUT2D eigenvalue weighted by Gasteiger charge is -2.31. The highest BCUT2D eigenvalue weighted by molar-refractivity contribution is 5.30. The predicted octanol–water partition coefficient (Wildman–Crippen LogP) is 2.77. The summed E-state index contributed by atoms with van der Waals surface area (Å²) in [5, 5.41) is 0.